The second-order valence-electron chi connectivity index (χ2n) is 5.73. The number of hydrogen-bond donors (Lipinski definition) is 0. The molecule has 0 aliphatic carbocycles. The summed E-state index contributed by atoms with van der Waals surface area (Å²) in [7, 11) is 1.57. The normalized spacial score (nSPS) is 14.8. The summed E-state index contributed by atoms with van der Waals surface area (Å²) in [5, 5.41) is 3.71. The van der Waals surface area contributed by atoms with E-state index in [1.54, 1.807) is 42.0 Å². The fourth-order valence-electron chi connectivity index (χ4n) is 2.67. The maximum atomic E-state index is 12.6. The van der Waals surface area contributed by atoms with E-state index in [0.717, 1.165) is 0 Å². The first-order valence-corrected chi connectivity index (χ1v) is 7.65. The highest BCUT2D eigenvalue weighted by Crippen LogP contribution is 2.12. The summed E-state index contributed by atoms with van der Waals surface area (Å²) in [5.41, 5.74) is 0.764. The number of aromatic nitrogens is 2. The van der Waals surface area contributed by atoms with Gasteiger partial charge in [-0.2, -0.15) is 0 Å². The van der Waals surface area contributed by atoms with Gasteiger partial charge in [0.05, 0.1) is 5.69 Å². The second kappa shape index (κ2) is 6.31. The Morgan fingerprint density at radius 1 is 1.08 bits per heavy atom. The van der Waals surface area contributed by atoms with E-state index in [2.05, 4.69) is 5.16 Å². The van der Waals surface area contributed by atoms with Crippen molar-refractivity contribution in [2.24, 2.45) is 7.05 Å². The highest BCUT2D eigenvalue weighted by Gasteiger charge is 2.28. The molecule has 1 aliphatic rings. The molecule has 24 heavy (non-hydrogen) atoms. The number of carbonyl (C=O) groups is 2. The monoisotopic (exact) mass is 330 g/mol. The molecule has 2 aromatic rings. The molecule has 0 spiro atoms. The minimum atomic E-state index is -0.227. The van der Waals surface area contributed by atoms with Gasteiger partial charge in [0.1, 0.15) is 5.69 Å². The Morgan fingerprint density at radius 2 is 1.71 bits per heavy atom. The van der Waals surface area contributed by atoms with Crippen molar-refractivity contribution < 1.29 is 14.1 Å². The van der Waals surface area contributed by atoms with E-state index in [-0.39, 0.29) is 23.1 Å². The molecule has 8 nitrogen and oxygen atoms in total. The van der Waals surface area contributed by atoms with Crippen LogP contribution in [0.2, 0.25) is 0 Å². The van der Waals surface area contributed by atoms with Crippen molar-refractivity contribution in [2.75, 3.05) is 26.2 Å². The Balaban J connectivity index is 1.66. The van der Waals surface area contributed by atoms with Crippen LogP contribution in [0.15, 0.2) is 33.6 Å². The quantitative estimate of drug-likeness (QED) is 0.789. The van der Waals surface area contributed by atoms with Crippen molar-refractivity contribution in [1.29, 1.82) is 0 Å². The Hall–Kier alpha value is -2.90. The van der Waals surface area contributed by atoms with E-state index in [4.69, 9.17) is 4.52 Å². The van der Waals surface area contributed by atoms with Gasteiger partial charge in [-0.05, 0) is 13.0 Å². The second-order valence-corrected chi connectivity index (χ2v) is 5.73. The number of rotatable bonds is 2. The Morgan fingerprint density at radius 3 is 2.29 bits per heavy atom. The van der Waals surface area contributed by atoms with E-state index in [0.29, 0.717) is 37.6 Å². The van der Waals surface area contributed by atoms with Crippen LogP contribution in [0.4, 0.5) is 0 Å². The average Bonchev–Trinajstić information content (AvgIpc) is 3.03. The third-order valence-electron chi connectivity index (χ3n) is 4.10. The van der Waals surface area contributed by atoms with Crippen LogP contribution in [0, 0.1) is 6.92 Å². The van der Waals surface area contributed by atoms with Gasteiger partial charge in [-0.15, -0.1) is 0 Å². The zero-order valence-electron chi connectivity index (χ0n) is 13.6. The molecule has 0 aromatic carbocycles. The fourth-order valence-corrected chi connectivity index (χ4v) is 2.67. The van der Waals surface area contributed by atoms with Gasteiger partial charge in [0.15, 0.2) is 0 Å². The minimum absolute atomic E-state index is 0.206. The first-order chi connectivity index (χ1) is 11.5. The Kier molecular flexibility index (Phi) is 4.20. The number of pyridine rings is 1. The third kappa shape index (κ3) is 2.94. The average molecular weight is 330 g/mol. The molecular weight excluding hydrogens is 312 g/mol. The van der Waals surface area contributed by atoms with Gasteiger partial charge in [-0.3, -0.25) is 14.4 Å². The van der Waals surface area contributed by atoms with Crippen molar-refractivity contribution in [1.82, 2.24) is 19.5 Å². The van der Waals surface area contributed by atoms with Crippen LogP contribution in [0.1, 0.15) is 26.7 Å². The zero-order chi connectivity index (χ0) is 17.3. The zero-order valence-corrected chi connectivity index (χ0v) is 13.6. The van der Waals surface area contributed by atoms with Crippen LogP contribution in [0.3, 0.4) is 0 Å². The number of nitrogens with zero attached hydrogens (tertiary/aromatic N) is 4. The maximum absolute atomic E-state index is 12.6. The lowest BCUT2D eigenvalue weighted by molar-refractivity contribution is 0.0507. The standard InChI is InChI=1S/C16H18N4O4/c1-11-10-13(24-17-11)16(23)20-8-6-19(7-9-20)15(22)12-4-3-5-14(21)18(12)2/h3-5,10H,6-9H2,1-2H3. The number of aryl methyl sites for hydroxylation is 1. The molecule has 1 saturated heterocycles. The molecule has 1 aliphatic heterocycles. The number of hydrogen-bond acceptors (Lipinski definition) is 5. The molecule has 1 fully saturated rings. The van der Waals surface area contributed by atoms with Gasteiger partial charge < -0.3 is 18.9 Å². The lowest BCUT2D eigenvalue weighted by Gasteiger charge is -2.34. The summed E-state index contributed by atoms with van der Waals surface area (Å²) in [6, 6.07) is 6.20. The van der Waals surface area contributed by atoms with Crippen molar-refractivity contribution in [3.63, 3.8) is 0 Å². The van der Waals surface area contributed by atoms with Gasteiger partial charge in [-0.1, -0.05) is 11.2 Å². The largest absolute Gasteiger partial charge is 0.351 e. The smallest absolute Gasteiger partial charge is 0.292 e. The lowest BCUT2D eigenvalue weighted by atomic mass is 10.2. The van der Waals surface area contributed by atoms with Crippen LogP contribution in [0.5, 0.6) is 0 Å². The van der Waals surface area contributed by atoms with Gasteiger partial charge in [0.25, 0.3) is 17.4 Å². The molecule has 0 saturated carbocycles. The molecule has 2 amide bonds. The summed E-state index contributed by atoms with van der Waals surface area (Å²) < 4.78 is 6.32. The topological polar surface area (TPSA) is 88.7 Å². The van der Waals surface area contributed by atoms with Crippen LogP contribution in [0.25, 0.3) is 0 Å². The summed E-state index contributed by atoms with van der Waals surface area (Å²) in [6.07, 6.45) is 0. The molecular formula is C16H18N4O4. The maximum Gasteiger partial charge on any atom is 0.292 e. The third-order valence-corrected chi connectivity index (χ3v) is 4.10. The van der Waals surface area contributed by atoms with Gasteiger partial charge >= 0.3 is 0 Å². The summed E-state index contributed by atoms with van der Waals surface area (Å²) in [4.78, 5) is 39.8. The molecule has 0 bridgehead atoms. The van der Waals surface area contributed by atoms with Crippen molar-refractivity contribution >= 4 is 11.8 Å². The first-order valence-electron chi connectivity index (χ1n) is 7.65. The SMILES string of the molecule is Cc1cc(C(=O)N2CCN(C(=O)c3cccc(=O)n3C)CC2)on1. The molecule has 0 unspecified atom stereocenters. The summed E-state index contributed by atoms with van der Waals surface area (Å²) in [5.74, 6) is -0.231. The van der Waals surface area contributed by atoms with Crippen LogP contribution in [-0.4, -0.2) is 57.5 Å². The van der Waals surface area contributed by atoms with E-state index in [1.165, 1.54) is 10.6 Å². The van der Waals surface area contributed by atoms with Crippen LogP contribution >= 0.6 is 0 Å². The summed E-state index contributed by atoms with van der Waals surface area (Å²) in [6.45, 7) is 3.37. The van der Waals surface area contributed by atoms with E-state index in [1.807, 2.05) is 0 Å². The number of amides is 2. The molecule has 2 aromatic heterocycles. The molecule has 0 atom stereocenters. The van der Waals surface area contributed by atoms with Crippen LogP contribution < -0.4 is 5.56 Å². The molecule has 0 N–H and O–H groups in total. The minimum Gasteiger partial charge on any atom is -0.351 e. The van der Waals surface area contributed by atoms with Crippen molar-refractivity contribution in [3.8, 4) is 0 Å². The first kappa shape index (κ1) is 16.0. The predicted molar refractivity (Wildman–Crippen MR) is 84.7 cm³/mol. The van der Waals surface area contributed by atoms with Crippen molar-refractivity contribution in [3.05, 3.63) is 51.8 Å². The predicted octanol–water partition coefficient (Wildman–Crippen LogP) is 0.280. The molecule has 126 valence electrons. The van der Waals surface area contributed by atoms with Gasteiger partial charge in [0, 0.05) is 45.4 Å². The van der Waals surface area contributed by atoms with E-state index < -0.39 is 0 Å². The molecule has 8 heteroatoms. The Bertz CT molecular complexity index is 831. The van der Waals surface area contributed by atoms with Gasteiger partial charge in [-0.25, -0.2) is 0 Å². The van der Waals surface area contributed by atoms with E-state index in [9.17, 15) is 14.4 Å². The Labute approximate surface area is 138 Å². The molecule has 3 rings (SSSR count). The molecule has 0 radical (unpaired) electrons. The summed E-state index contributed by atoms with van der Waals surface area (Å²) >= 11 is 0. The number of piperazine rings is 1. The molecule has 3 heterocycles. The highest BCUT2D eigenvalue weighted by atomic mass is 16.5. The fraction of sp³-hybridized carbons (Fsp3) is 0.375. The number of carbonyl (C=O) groups excluding carboxylic acids is 2. The van der Waals surface area contributed by atoms with E-state index >= 15 is 0 Å². The van der Waals surface area contributed by atoms with Crippen molar-refractivity contribution in [2.45, 2.75) is 6.92 Å². The lowest BCUT2D eigenvalue weighted by Crippen LogP contribution is -2.51. The van der Waals surface area contributed by atoms with Crippen LogP contribution in [-0.2, 0) is 7.05 Å². The highest BCUT2D eigenvalue weighted by molar-refractivity contribution is 5.93. The van der Waals surface area contributed by atoms with Gasteiger partial charge in [0.2, 0.25) is 5.76 Å².